The minimum Gasteiger partial charge on any atom is -0.349 e. The molecule has 0 aliphatic heterocycles. The molecular weight excluding hydrogens is 280 g/mol. The summed E-state index contributed by atoms with van der Waals surface area (Å²) in [5.41, 5.74) is 0.0427. The van der Waals surface area contributed by atoms with Gasteiger partial charge in [0.2, 0.25) is 5.91 Å². The molecule has 1 aromatic heterocycles. The lowest BCUT2D eigenvalue weighted by Crippen LogP contribution is -2.21. The number of nitrogens with zero attached hydrogens (tertiary/aromatic N) is 2. The molecule has 0 N–H and O–H groups in total. The van der Waals surface area contributed by atoms with Crippen LogP contribution in [0.3, 0.4) is 0 Å². The van der Waals surface area contributed by atoms with Gasteiger partial charge >= 0.3 is 0 Å². The summed E-state index contributed by atoms with van der Waals surface area (Å²) in [7, 11) is 2.37. The summed E-state index contributed by atoms with van der Waals surface area (Å²) in [5, 5.41) is 0. The third kappa shape index (κ3) is 5.03. The number of hydrogen-bond donors (Lipinski definition) is 0. The molecule has 0 saturated heterocycles. The Balaban J connectivity index is 2.51. The monoisotopic (exact) mass is 302 g/mol. The molecule has 108 valence electrons. The number of carbonyl (C=O) groups is 1. The summed E-state index contributed by atoms with van der Waals surface area (Å²) in [6.45, 7) is 6.34. The molecule has 1 aromatic rings. The lowest BCUT2D eigenvalue weighted by Gasteiger charge is -2.14. The first-order valence-corrected chi connectivity index (χ1v) is 8.40. The van der Waals surface area contributed by atoms with E-state index in [4.69, 9.17) is 0 Å². The van der Waals surface area contributed by atoms with Crippen LogP contribution in [0.2, 0.25) is 0 Å². The third-order valence-electron chi connectivity index (χ3n) is 2.64. The maximum atomic E-state index is 12.1. The van der Waals surface area contributed by atoms with Gasteiger partial charge in [-0.3, -0.25) is 9.00 Å². The van der Waals surface area contributed by atoms with Crippen LogP contribution < -0.4 is 0 Å². The molecule has 0 spiro atoms. The van der Waals surface area contributed by atoms with Gasteiger partial charge in [-0.1, -0.05) is 20.8 Å². The Morgan fingerprint density at radius 1 is 1.42 bits per heavy atom. The zero-order valence-corrected chi connectivity index (χ0v) is 13.9. The van der Waals surface area contributed by atoms with Gasteiger partial charge in [-0.05, 0) is 11.8 Å². The van der Waals surface area contributed by atoms with Crippen molar-refractivity contribution in [3.05, 3.63) is 11.1 Å². The van der Waals surface area contributed by atoms with Crippen molar-refractivity contribution < 1.29 is 9.00 Å². The van der Waals surface area contributed by atoms with Crippen LogP contribution in [0.5, 0.6) is 0 Å². The summed E-state index contributed by atoms with van der Waals surface area (Å²) in [5.74, 6) is 0.572. The minimum absolute atomic E-state index is 0.0427. The quantitative estimate of drug-likeness (QED) is 0.839. The van der Waals surface area contributed by atoms with E-state index < -0.39 is 10.8 Å². The van der Waals surface area contributed by atoms with E-state index in [9.17, 15) is 9.00 Å². The SMILES string of the molecule is CN(C)C(=O)CCC[S@](=O)c1ncc(C(C)(C)C)s1. The predicted octanol–water partition coefficient (Wildman–Crippen LogP) is 2.42. The van der Waals surface area contributed by atoms with Gasteiger partial charge in [-0.25, -0.2) is 4.98 Å². The molecule has 0 bridgehead atoms. The molecule has 0 fully saturated rings. The maximum Gasteiger partial charge on any atom is 0.222 e. The first kappa shape index (κ1) is 16.3. The highest BCUT2D eigenvalue weighted by Gasteiger charge is 2.19. The van der Waals surface area contributed by atoms with Crippen LogP contribution >= 0.6 is 11.3 Å². The Labute approximate surface area is 121 Å². The number of carbonyl (C=O) groups excluding carboxylic acids is 1. The molecule has 1 atom stereocenters. The van der Waals surface area contributed by atoms with Crippen molar-refractivity contribution in [1.29, 1.82) is 0 Å². The highest BCUT2D eigenvalue weighted by atomic mass is 32.2. The van der Waals surface area contributed by atoms with E-state index in [0.29, 0.717) is 22.9 Å². The molecule has 0 aliphatic carbocycles. The second-order valence-corrected chi connectivity index (χ2v) is 8.46. The van der Waals surface area contributed by atoms with Crippen molar-refractivity contribution in [3.63, 3.8) is 0 Å². The maximum absolute atomic E-state index is 12.1. The summed E-state index contributed by atoms with van der Waals surface area (Å²) in [4.78, 5) is 18.3. The zero-order chi connectivity index (χ0) is 14.6. The molecule has 0 unspecified atom stereocenters. The summed E-state index contributed by atoms with van der Waals surface area (Å²) < 4.78 is 12.7. The van der Waals surface area contributed by atoms with Crippen molar-refractivity contribution in [2.24, 2.45) is 0 Å². The summed E-state index contributed by atoms with van der Waals surface area (Å²) in [6.07, 6.45) is 2.88. The van der Waals surface area contributed by atoms with Crippen LogP contribution in [-0.4, -0.2) is 39.8 Å². The van der Waals surface area contributed by atoms with Crippen molar-refractivity contribution in [3.8, 4) is 0 Å². The molecular formula is C13H22N2O2S2. The topological polar surface area (TPSA) is 50.3 Å². The van der Waals surface area contributed by atoms with E-state index in [1.807, 2.05) is 6.20 Å². The highest BCUT2D eigenvalue weighted by molar-refractivity contribution is 7.87. The van der Waals surface area contributed by atoms with Crippen molar-refractivity contribution in [1.82, 2.24) is 9.88 Å². The van der Waals surface area contributed by atoms with Crippen LogP contribution in [0.15, 0.2) is 10.5 Å². The summed E-state index contributed by atoms with van der Waals surface area (Å²) >= 11 is 1.51. The van der Waals surface area contributed by atoms with E-state index in [-0.39, 0.29) is 11.3 Å². The molecule has 6 heteroatoms. The van der Waals surface area contributed by atoms with Crippen LogP contribution in [0.25, 0.3) is 0 Å². The average Bonchev–Trinajstić information content (AvgIpc) is 2.77. The number of thiazole rings is 1. The first-order valence-electron chi connectivity index (χ1n) is 6.26. The molecule has 1 rings (SSSR count). The molecule has 4 nitrogen and oxygen atoms in total. The fourth-order valence-corrected chi connectivity index (χ4v) is 3.72. The van der Waals surface area contributed by atoms with E-state index in [1.165, 1.54) is 11.3 Å². The second-order valence-electron chi connectivity index (χ2n) is 5.68. The second kappa shape index (κ2) is 6.61. The van der Waals surface area contributed by atoms with Crippen molar-refractivity contribution >= 4 is 28.0 Å². The average molecular weight is 302 g/mol. The van der Waals surface area contributed by atoms with Crippen molar-refractivity contribution in [2.45, 2.75) is 43.4 Å². The van der Waals surface area contributed by atoms with Gasteiger partial charge < -0.3 is 4.90 Å². The lowest BCUT2D eigenvalue weighted by atomic mass is 9.96. The number of hydrogen-bond acceptors (Lipinski definition) is 4. The summed E-state index contributed by atoms with van der Waals surface area (Å²) in [6, 6.07) is 0. The molecule has 1 heterocycles. The van der Waals surface area contributed by atoms with Crippen molar-refractivity contribution in [2.75, 3.05) is 19.8 Å². The number of rotatable bonds is 5. The van der Waals surface area contributed by atoms with Crippen LogP contribution in [-0.2, 0) is 21.0 Å². The van der Waals surface area contributed by atoms with E-state index in [1.54, 1.807) is 19.0 Å². The molecule has 0 aromatic carbocycles. The van der Waals surface area contributed by atoms with Gasteiger partial charge in [0.15, 0.2) is 4.34 Å². The molecule has 0 aliphatic rings. The Morgan fingerprint density at radius 3 is 2.53 bits per heavy atom. The van der Waals surface area contributed by atoms with E-state index in [0.717, 1.165) is 4.88 Å². The zero-order valence-electron chi connectivity index (χ0n) is 12.2. The lowest BCUT2D eigenvalue weighted by molar-refractivity contribution is -0.128. The smallest absolute Gasteiger partial charge is 0.222 e. The Morgan fingerprint density at radius 2 is 2.05 bits per heavy atom. The van der Waals surface area contributed by atoms with Gasteiger partial charge in [0.1, 0.15) is 0 Å². The fourth-order valence-electron chi connectivity index (χ4n) is 1.38. The van der Waals surface area contributed by atoms with Crippen LogP contribution in [0.4, 0.5) is 0 Å². The van der Waals surface area contributed by atoms with Gasteiger partial charge in [-0.15, -0.1) is 11.3 Å². The van der Waals surface area contributed by atoms with Gasteiger partial charge in [-0.2, -0.15) is 0 Å². The molecule has 1 amide bonds. The van der Waals surface area contributed by atoms with Crippen LogP contribution in [0, 0.1) is 0 Å². The molecule has 19 heavy (non-hydrogen) atoms. The number of aromatic nitrogens is 1. The minimum atomic E-state index is -1.09. The van der Waals surface area contributed by atoms with E-state index >= 15 is 0 Å². The molecule has 0 saturated carbocycles. The fraction of sp³-hybridized carbons (Fsp3) is 0.692. The largest absolute Gasteiger partial charge is 0.349 e. The number of amides is 1. The predicted molar refractivity (Wildman–Crippen MR) is 80.0 cm³/mol. The Hall–Kier alpha value is -0.750. The van der Waals surface area contributed by atoms with Gasteiger partial charge in [0.25, 0.3) is 0 Å². The first-order chi connectivity index (χ1) is 8.71. The third-order valence-corrected chi connectivity index (χ3v) is 5.82. The van der Waals surface area contributed by atoms with Gasteiger partial charge in [0, 0.05) is 37.3 Å². The van der Waals surface area contributed by atoms with Gasteiger partial charge in [0.05, 0.1) is 10.8 Å². The van der Waals surface area contributed by atoms with Crippen LogP contribution in [0.1, 0.15) is 38.5 Å². The standard InChI is InChI=1S/C13H22N2O2S2/c1-13(2,3)10-9-14-12(18-10)19(17)8-6-7-11(16)15(4)5/h9H,6-8H2,1-5H3/t19-/m0/s1. The normalized spacial score (nSPS) is 13.3. The van der Waals surface area contributed by atoms with E-state index in [2.05, 4.69) is 25.8 Å². The highest BCUT2D eigenvalue weighted by Crippen LogP contribution is 2.29. The molecule has 0 radical (unpaired) electrons. The Bertz CT molecular complexity index is 461. The Kier molecular flexibility index (Phi) is 5.67.